The van der Waals surface area contributed by atoms with Gasteiger partial charge in [0.1, 0.15) is 24.4 Å². The van der Waals surface area contributed by atoms with Crippen LogP contribution in [0.2, 0.25) is 0 Å². The molecule has 0 amide bonds. The molecular formula is C27H34O11. The summed E-state index contributed by atoms with van der Waals surface area (Å²) in [6.07, 6.45) is -6.02. The lowest BCUT2D eigenvalue weighted by Crippen LogP contribution is -2.60. The molecule has 38 heavy (non-hydrogen) atoms. The van der Waals surface area contributed by atoms with Crippen LogP contribution < -0.4 is 18.9 Å². The first-order valence-corrected chi connectivity index (χ1v) is 12.3. The van der Waals surface area contributed by atoms with Crippen molar-refractivity contribution in [3.63, 3.8) is 0 Å². The van der Waals surface area contributed by atoms with Crippen LogP contribution in [0.5, 0.6) is 23.0 Å². The first-order chi connectivity index (χ1) is 18.3. The van der Waals surface area contributed by atoms with Crippen LogP contribution in [0.4, 0.5) is 0 Å². The average Bonchev–Trinajstić information content (AvgIpc) is 3.27. The van der Waals surface area contributed by atoms with Crippen molar-refractivity contribution in [3.05, 3.63) is 47.5 Å². The number of carbonyl (C=O) groups excluding carboxylic acids is 1. The summed E-state index contributed by atoms with van der Waals surface area (Å²) in [4.78, 5) is 12.6. The summed E-state index contributed by atoms with van der Waals surface area (Å²) in [5, 5.41) is 39.7. The van der Waals surface area contributed by atoms with E-state index in [1.54, 1.807) is 32.4 Å². The Morgan fingerprint density at radius 2 is 1.42 bits per heavy atom. The standard InChI is InChI=1S/C27H34O11/c1-33-18-6-4-14(10-20(18)34-2)8-16-13-36-26(32)17(16)9-15-5-7-19(21(11-15)35-3)37-27-25(31)24(30)23(29)22(12-28)38-27/h4-7,10-11,16-17,22-25,27-31H,8-9,12-13H2,1-3H3/t16-,17+,22+,23+,24-,25+,27+/m1/s1. The number of aliphatic hydroxyl groups excluding tert-OH is 4. The van der Waals surface area contributed by atoms with Gasteiger partial charge in [-0.3, -0.25) is 4.79 Å². The second kappa shape index (κ2) is 12.2. The van der Waals surface area contributed by atoms with Gasteiger partial charge in [0.05, 0.1) is 40.5 Å². The molecule has 0 aliphatic carbocycles. The van der Waals surface area contributed by atoms with E-state index in [1.165, 1.54) is 7.11 Å². The molecule has 2 aliphatic heterocycles. The van der Waals surface area contributed by atoms with E-state index in [0.29, 0.717) is 36.7 Å². The number of esters is 1. The smallest absolute Gasteiger partial charge is 0.309 e. The first-order valence-electron chi connectivity index (χ1n) is 12.3. The highest BCUT2D eigenvalue weighted by atomic mass is 16.7. The summed E-state index contributed by atoms with van der Waals surface area (Å²) in [5.41, 5.74) is 1.81. The number of methoxy groups -OCH3 is 3. The lowest BCUT2D eigenvalue weighted by Gasteiger charge is -2.39. The van der Waals surface area contributed by atoms with Gasteiger partial charge in [-0.2, -0.15) is 0 Å². The summed E-state index contributed by atoms with van der Waals surface area (Å²) in [7, 11) is 4.60. The number of hydrogen-bond donors (Lipinski definition) is 4. The molecule has 2 aromatic carbocycles. The number of ether oxygens (including phenoxy) is 6. The molecule has 208 valence electrons. The molecule has 0 radical (unpaired) electrons. The van der Waals surface area contributed by atoms with Crippen molar-refractivity contribution < 1.29 is 53.6 Å². The summed E-state index contributed by atoms with van der Waals surface area (Å²) in [6, 6.07) is 10.8. The van der Waals surface area contributed by atoms with E-state index in [9.17, 15) is 25.2 Å². The summed E-state index contributed by atoms with van der Waals surface area (Å²) < 4.78 is 32.7. The Balaban J connectivity index is 1.47. The highest BCUT2D eigenvalue weighted by molar-refractivity contribution is 5.75. The highest BCUT2D eigenvalue weighted by Gasteiger charge is 2.45. The van der Waals surface area contributed by atoms with Crippen LogP contribution in [0.25, 0.3) is 0 Å². The van der Waals surface area contributed by atoms with Crippen LogP contribution in [0, 0.1) is 11.8 Å². The van der Waals surface area contributed by atoms with Crippen LogP contribution in [0.3, 0.4) is 0 Å². The fraction of sp³-hybridized carbons (Fsp3) is 0.519. The minimum Gasteiger partial charge on any atom is -0.493 e. The predicted octanol–water partition coefficient (Wildman–Crippen LogP) is 0.466. The maximum atomic E-state index is 12.6. The summed E-state index contributed by atoms with van der Waals surface area (Å²) in [5.74, 6) is 1.10. The quantitative estimate of drug-likeness (QED) is 0.315. The van der Waals surface area contributed by atoms with Crippen LogP contribution in [-0.2, 0) is 27.1 Å². The Kier molecular flexibility index (Phi) is 8.95. The maximum Gasteiger partial charge on any atom is 0.309 e. The van der Waals surface area contributed by atoms with E-state index in [-0.39, 0.29) is 23.6 Å². The van der Waals surface area contributed by atoms with E-state index in [4.69, 9.17) is 28.4 Å². The topological polar surface area (TPSA) is 153 Å². The SMILES string of the molecule is COc1ccc(C[C@@H]2COC(=O)[C@H]2Cc2ccc(O[C@H]3O[C@@H](CO)[C@H](O)[C@@H](O)[C@@H]3O)c(OC)c2)cc1OC. The summed E-state index contributed by atoms with van der Waals surface area (Å²) >= 11 is 0. The molecule has 11 nitrogen and oxygen atoms in total. The second-order valence-corrected chi connectivity index (χ2v) is 9.39. The number of cyclic esters (lactones) is 1. The monoisotopic (exact) mass is 534 g/mol. The zero-order valence-electron chi connectivity index (χ0n) is 21.5. The molecule has 11 heteroatoms. The number of aliphatic hydroxyl groups is 4. The van der Waals surface area contributed by atoms with Gasteiger partial charge < -0.3 is 48.8 Å². The van der Waals surface area contributed by atoms with Gasteiger partial charge in [-0.1, -0.05) is 12.1 Å². The van der Waals surface area contributed by atoms with E-state index in [2.05, 4.69) is 0 Å². The van der Waals surface area contributed by atoms with Crippen molar-refractivity contribution >= 4 is 5.97 Å². The maximum absolute atomic E-state index is 12.6. The Morgan fingerprint density at radius 3 is 2.05 bits per heavy atom. The van der Waals surface area contributed by atoms with Crippen LogP contribution in [0.15, 0.2) is 36.4 Å². The molecule has 7 atom stereocenters. The van der Waals surface area contributed by atoms with Gasteiger partial charge >= 0.3 is 5.97 Å². The first kappa shape index (κ1) is 27.9. The Morgan fingerprint density at radius 1 is 0.816 bits per heavy atom. The van der Waals surface area contributed by atoms with Gasteiger partial charge in [0, 0.05) is 5.92 Å². The highest BCUT2D eigenvalue weighted by Crippen LogP contribution is 2.36. The molecule has 2 fully saturated rings. The molecule has 2 saturated heterocycles. The minimum absolute atomic E-state index is 0.0448. The molecular weight excluding hydrogens is 500 g/mol. The van der Waals surface area contributed by atoms with Gasteiger partial charge in [-0.25, -0.2) is 0 Å². The third-order valence-corrected chi connectivity index (χ3v) is 7.03. The molecule has 0 spiro atoms. The molecule has 0 saturated carbocycles. The van der Waals surface area contributed by atoms with Gasteiger partial charge in [-0.15, -0.1) is 0 Å². The average molecular weight is 535 g/mol. The van der Waals surface area contributed by atoms with Gasteiger partial charge in [0.25, 0.3) is 0 Å². The molecule has 2 aromatic rings. The van der Waals surface area contributed by atoms with Crippen molar-refractivity contribution in [1.29, 1.82) is 0 Å². The van der Waals surface area contributed by atoms with Crippen LogP contribution in [-0.4, -0.2) is 91.6 Å². The zero-order chi connectivity index (χ0) is 27.4. The molecule has 0 unspecified atom stereocenters. The van der Waals surface area contributed by atoms with Crippen LogP contribution >= 0.6 is 0 Å². The van der Waals surface area contributed by atoms with E-state index in [1.807, 2.05) is 18.2 Å². The number of benzene rings is 2. The molecule has 0 bridgehead atoms. The van der Waals surface area contributed by atoms with E-state index < -0.39 is 37.3 Å². The number of hydrogen-bond acceptors (Lipinski definition) is 11. The molecule has 2 aliphatic rings. The molecule has 0 aromatic heterocycles. The number of rotatable bonds is 10. The molecule has 2 heterocycles. The van der Waals surface area contributed by atoms with Gasteiger partial charge in [0.15, 0.2) is 23.0 Å². The Hall–Kier alpha value is -3.09. The van der Waals surface area contributed by atoms with Crippen molar-refractivity contribution in [1.82, 2.24) is 0 Å². The van der Waals surface area contributed by atoms with Gasteiger partial charge in [0.2, 0.25) is 6.29 Å². The third-order valence-electron chi connectivity index (χ3n) is 7.03. The minimum atomic E-state index is -1.56. The fourth-order valence-corrected chi connectivity index (χ4v) is 4.85. The third kappa shape index (κ3) is 5.82. The van der Waals surface area contributed by atoms with Crippen molar-refractivity contribution in [2.24, 2.45) is 11.8 Å². The van der Waals surface area contributed by atoms with Crippen molar-refractivity contribution in [3.8, 4) is 23.0 Å². The van der Waals surface area contributed by atoms with Crippen molar-refractivity contribution in [2.45, 2.75) is 43.5 Å². The Labute approximate surface area is 220 Å². The predicted molar refractivity (Wildman–Crippen MR) is 132 cm³/mol. The van der Waals surface area contributed by atoms with Crippen LogP contribution in [0.1, 0.15) is 11.1 Å². The van der Waals surface area contributed by atoms with E-state index in [0.717, 1.165) is 11.1 Å². The second-order valence-electron chi connectivity index (χ2n) is 9.39. The summed E-state index contributed by atoms with van der Waals surface area (Å²) in [6.45, 7) is -0.254. The molecule has 4 N–H and O–H groups in total. The van der Waals surface area contributed by atoms with Gasteiger partial charge in [-0.05, 0) is 48.2 Å². The lowest BCUT2D eigenvalue weighted by atomic mass is 9.85. The molecule has 4 rings (SSSR count). The Bertz CT molecular complexity index is 1100. The van der Waals surface area contributed by atoms with Crippen molar-refractivity contribution in [2.75, 3.05) is 34.5 Å². The normalized spacial score (nSPS) is 29.0. The van der Waals surface area contributed by atoms with E-state index >= 15 is 0 Å². The number of carbonyl (C=O) groups is 1. The lowest BCUT2D eigenvalue weighted by molar-refractivity contribution is -0.277. The zero-order valence-corrected chi connectivity index (χ0v) is 21.5. The fourth-order valence-electron chi connectivity index (χ4n) is 4.85. The largest absolute Gasteiger partial charge is 0.493 e.